The highest BCUT2D eigenvalue weighted by Crippen LogP contribution is 2.16. The first-order valence-electron chi connectivity index (χ1n) is 7.98. The molecule has 152 valence electrons. The molecule has 1 aromatic rings. The lowest BCUT2D eigenvalue weighted by Crippen LogP contribution is -2.50. The summed E-state index contributed by atoms with van der Waals surface area (Å²) in [5.74, 6) is -4.77. The number of nitro groups is 1. The van der Waals surface area contributed by atoms with Gasteiger partial charge in [0.2, 0.25) is 5.91 Å². The predicted molar refractivity (Wildman–Crippen MR) is 92.9 cm³/mol. The average molecular weight is 396 g/mol. The number of amides is 1. The second kappa shape index (κ2) is 10.6. The number of esters is 3. The molecule has 0 saturated carbocycles. The van der Waals surface area contributed by atoms with Gasteiger partial charge in [0, 0.05) is 12.1 Å². The molecule has 0 saturated heterocycles. The summed E-state index contributed by atoms with van der Waals surface area (Å²) in [5, 5.41) is 13.1. The van der Waals surface area contributed by atoms with E-state index in [1.54, 1.807) is 0 Å². The van der Waals surface area contributed by atoms with Crippen LogP contribution in [0.1, 0.15) is 12.0 Å². The van der Waals surface area contributed by atoms with E-state index in [0.717, 1.165) is 21.3 Å². The second-order valence-corrected chi connectivity index (χ2v) is 5.58. The number of hydrogen-bond donors (Lipinski definition) is 1. The normalized spacial score (nSPS) is 12.2. The van der Waals surface area contributed by atoms with Gasteiger partial charge in [-0.15, -0.1) is 0 Å². The number of rotatable bonds is 9. The summed E-state index contributed by atoms with van der Waals surface area (Å²) in [5.41, 5.74) is 0.117. The molecule has 0 bridgehead atoms. The van der Waals surface area contributed by atoms with Crippen LogP contribution in [0.25, 0.3) is 0 Å². The minimum atomic E-state index is -1.51. The average Bonchev–Trinajstić information content (AvgIpc) is 2.69. The molecular formula is C17H20N2O9. The number of ether oxygens (including phenoxy) is 3. The highest BCUT2D eigenvalue weighted by atomic mass is 16.6. The maximum absolute atomic E-state index is 12.3. The number of methoxy groups -OCH3 is 3. The van der Waals surface area contributed by atoms with Crippen molar-refractivity contribution in [3.05, 3.63) is 39.9 Å². The van der Waals surface area contributed by atoms with Crippen molar-refractivity contribution in [1.29, 1.82) is 0 Å². The van der Waals surface area contributed by atoms with Gasteiger partial charge in [-0.2, -0.15) is 0 Å². The van der Waals surface area contributed by atoms with Crippen LogP contribution >= 0.6 is 0 Å². The van der Waals surface area contributed by atoms with Crippen molar-refractivity contribution in [3.63, 3.8) is 0 Å². The Hall–Kier alpha value is -3.50. The largest absolute Gasteiger partial charge is 0.469 e. The molecule has 1 rings (SSSR count). The molecule has 1 N–H and O–H groups in total. The Morgan fingerprint density at radius 1 is 1.07 bits per heavy atom. The maximum Gasteiger partial charge on any atom is 0.329 e. The Bertz CT molecular complexity index is 763. The number of carbonyl (C=O) groups excluding carboxylic acids is 4. The zero-order valence-electron chi connectivity index (χ0n) is 15.5. The smallest absolute Gasteiger partial charge is 0.329 e. The molecule has 0 aliphatic rings. The number of nitrogens with zero attached hydrogens (tertiary/aromatic N) is 1. The van der Waals surface area contributed by atoms with Crippen molar-refractivity contribution >= 4 is 29.5 Å². The van der Waals surface area contributed by atoms with E-state index in [-0.39, 0.29) is 12.1 Å². The molecule has 0 aliphatic carbocycles. The van der Waals surface area contributed by atoms with Crippen LogP contribution in [0.2, 0.25) is 0 Å². The number of non-ortho nitro benzene ring substituents is 1. The second-order valence-electron chi connectivity index (χ2n) is 5.58. The van der Waals surface area contributed by atoms with Crippen molar-refractivity contribution < 1.29 is 38.3 Å². The Labute approximate surface area is 160 Å². The van der Waals surface area contributed by atoms with Crippen molar-refractivity contribution in [2.75, 3.05) is 21.3 Å². The lowest BCUT2D eigenvalue weighted by Gasteiger charge is -2.23. The van der Waals surface area contributed by atoms with E-state index in [4.69, 9.17) is 0 Å². The molecule has 0 spiro atoms. The molecule has 28 heavy (non-hydrogen) atoms. The third kappa shape index (κ3) is 6.34. The molecule has 1 aromatic carbocycles. The molecule has 11 heteroatoms. The number of nitrogens with one attached hydrogen (secondary N) is 1. The molecule has 0 aromatic heterocycles. The lowest BCUT2D eigenvalue weighted by molar-refractivity contribution is -0.384. The van der Waals surface area contributed by atoms with Gasteiger partial charge in [-0.3, -0.25) is 24.5 Å². The maximum atomic E-state index is 12.3. The number of benzene rings is 1. The first-order valence-corrected chi connectivity index (χ1v) is 7.98. The zero-order chi connectivity index (χ0) is 21.3. The van der Waals surface area contributed by atoms with E-state index < -0.39 is 47.1 Å². The van der Waals surface area contributed by atoms with Gasteiger partial charge in [0.25, 0.3) is 5.69 Å². The van der Waals surface area contributed by atoms with Gasteiger partial charge in [-0.05, 0) is 5.56 Å². The fourth-order valence-electron chi connectivity index (χ4n) is 2.39. The molecule has 0 radical (unpaired) electrons. The monoisotopic (exact) mass is 396 g/mol. The topological polar surface area (TPSA) is 151 Å². The third-order valence-electron chi connectivity index (χ3n) is 3.78. The minimum absolute atomic E-state index is 0.201. The summed E-state index contributed by atoms with van der Waals surface area (Å²) in [6, 6.07) is 3.86. The van der Waals surface area contributed by atoms with E-state index >= 15 is 0 Å². The highest BCUT2D eigenvalue weighted by Gasteiger charge is 2.38. The van der Waals surface area contributed by atoms with E-state index in [1.165, 1.54) is 24.3 Å². The van der Waals surface area contributed by atoms with Gasteiger partial charge >= 0.3 is 17.9 Å². The fraction of sp³-hybridized carbons (Fsp3) is 0.412. The number of carbonyl (C=O) groups is 4. The highest BCUT2D eigenvalue weighted by molar-refractivity contribution is 5.91. The van der Waals surface area contributed by atoms with Crippen LogP contribution in [0, 0.1) is 16.0 Å². The van der Waals surface area contributed by atoms with Gasteiger partial charge in [0.1, 0.15) is 6.04 Å². The SMILES string of the molecule is COC(=O)C[C@@H](C(=O)OC)[C@@H](NC(=O)Cc1cccc([N+](=O)[O-])c1)C(=O)OC. The van der Waals surface area contributed by atoms with Crippen LogP contribution in [0.3, 0.4) is 0 Å². The molecule has 11 nitrogen and oxygen atoms in total. The van der Waals surface area contributed by atoms with Gasteiger partial charge in [-0.1, -0.05) is 12.1 Å². The zero-order valence-corrected chi connectivity index (χ0v) is 15.5. The Morgan fingerprint density at radius 3 is 2.25 bits per heavy atom. The van der Waals surface area contributed by atoms with Gasteiger partial charge in [-0.25, -0.2) is 4.79 Å². The first kappa shape index (κ1) is 22.5. The van der Waals surface area contributed by atoms with Crippen LogP contribution in [-0.4, -0.2) is 56.1 Å². The molecule has 0 unspecified atom stereocenters. The van der Waals surface area contributed by atoms with Crippen LogP contribution in [-0.2, 0) is 39.8 Å². The Kier molecular flexibility index (Phi) is 8.53. The summed E-state index contributed by atoms with van der Waals surface area (Å²) in [6.07, 6.45) is -0.832. The summed E-state index contributed by atoms with van der Waals surface area (Å²) in [4.78, 5) is 58.2. The number of hydrogen-bond acceptors (Lipinski definition) is 9. The molecule has 2 atom stereocenters. The van der Waals surface area contributed by atoms with Crippen molar-refractivity contribution in [2.24, 2.45) is 5.92 Å². The molecular weight excluding hydrogens is 376 g/mol. The van der Waals surface area contributed by atoms with Crippen molar-refractivity contribution in [1.82, 2.24) is 5.32 Å². The summed E-state index contributed by atoms with van der Waals surface area (Å²) in [6.45, 7) is 0. The van der Waals surface area contributed by atoms with Crippen LogP contribution in [0.5, 0.6) is 0 Å². The number of nitro benzene ring substituents is 1. The van der Waals surface area contributed by atoms with Crippen molar-refractivity contribution in [3.8, 4) is 0 Å². The van der Waals surface area contributed by atoms with E-state index in [0.29, 0.717) is 5.56 Å². The molecule has 0 heterocycles. The first-order chi connectivity index (χ1) is 13.2. The van der Waals surface area contributed by atoms with E-state index in [9.17, 15) is 29.3 Å². The summed E-state index contributed by atoms with van der Waals surface area (Å²) in [7, 11) is 3.21. The van der Waals surface area contributed by atoms with E-state index in [2.05, 4.69) is 19.5 Å². The minimum Gasteiger partial charge on any atom is -0.469 e. The standard InChI is InChI=1S/C17H20N2O9/c1-26-14(21)9-12(16(22)27-2)15(17(23)28-3)18-13(20)8-10-5-4-6-11(7-10)19(24)25/h4-7,12,15H,8-9H2,1-3H3,(H,18,20)/t12-,15-/m1/s1. The van der Waals surface area contributed by atoms with Gasteiger partial charge < -0.3 is 19.5 Å². The summed E-state index contributed by atoms with van der Waals surface area (Å²) >= 11 is 0. The Morgan fingerprint density at radius 2 is 1.71 bits per heavy atom. The molecule has 1 amide bonds. The predicted octanol–water partition coefficient (Wildman–Crippen LogP) is 0.147. The molecule has 0 aliphatic heterocycles. The van der Waals surface area contributed by atoms with Gasteiger partial charge in [0.05, 0.1) is 45.0 Å². The molecule has 0 fully saturated rings. The van der Waals surface area contributed by atoms with Crippen LogP contribution in [0.15, 0.2) is 24.3 Å². The summed E-state index contributed by atoms with van der Waals surface area (Å²) < 4.78 is 13.7. The van der Waals surface area contributed by atoms with Crippen LogP contribution < -0.4 is 5.32 Å². The van der Waals surface area contributed by atoms with Gasteiger partial charge in [0.15, 0.2) is 0 Å². The lowest BCUT2D eigenvalue weighted by atomic mass is 9.95. The fourth-order valence-corrected chi connectivity index (χ4v) is 2.39. The van der Waals surface area contributed by atoms with Crippen LogP contribution in [0.4, 0.5) is 5.69 Å². The van der Waals surface area contributed by atoms with E-state index in [1.807, 2.05) is 0 Å². The van der Waals surface area contributed by atoms with Crippen molar-refractivity contribution in [2.45, 2.75) is 18.9 Å². The quantitative estimate of drug-likeness (QED) is 0.266. The Balaban J connectivity index is 3.03. The third-order valence-corrected chi connectivity index (χ3v) is 3.78.